The van der Waals surface area contributed by atoms with Crippen LogP contribution in [0.1, 0.15) is 24.8 Å². The Labute approximate surface area is 162 Å². The van der Waals surface area contributed by atoms with Gasteiger partial charge in [-0.2, -0.15) is 11.3 Å². The van der Waals surface area contributed by atoms with Gasteiger partial charge in [-0.15, -0.1) is 0 Å². The lowest BCUT2D eigenvalue weighted by Gasteiger charge is -2.31. The van der Waals surface area contributed by atoms with Crippen LogP contribution in [0.4, 0.5) is 5.69 Å². The molecular formula is C20H22N2O4S. The molecule has 0 radical (unpaired) electrons. The van der Waals surface area contributed by atoms with Gasteiger partial charge in [-0.3, -0.25) is 9.59 Å². The molecule has 142 valence electrons. The third-order valence-corrected chi connectivity index (χ3v) is 5.80. The van der Waals surface area contributed by atoms with Crippen molar-refractivity contribution in [3.63, 3.8) is 0 Å². The van der Waals surface area contributed by atoms with Gasteiger partial charge in [-0.25, -0.2) is 0 Å². The summed E-state index contributed by atoms with van der Waals surface area (Å²) < 4.78 is 10.6. The van der Waals surface area contributed by atoms with E-state index >= 15 is 0 Å². The van der Waals surface area contributed by atoms with Crippen molar-refractivity contribution < 1.29 is 19.1 Å². The second-order valence-corrected chi connectivity index (χ2v) is 7.62. The van der Waals surface area contributed by atoms with E-state index in [4.69, 9.17) is 9.47 Å². The summed E-state index contributed by atoms with van der Waals surface area (Å²) >= 11 is 1.65. The highest BCUT2D eigenvalue weighted by molar-refractivity contribution is 7.07. The first-order valence-corrected chi connectivity index (χ1v) is 10.1. The van der Waals surface area contributed by atoms with E-state index in [0.717, 1.165) is 6.42 Å². The Morgan fingerprint density at radius 2 is 1.96 bits per heavy atom. The minimum atomic E-state index is -0.0728. The molecule has 0 atom stereocenters. The third-order valence-electron chi connectivity index (χ3n) is 5.07. The number of likely N-dealkylation sites (tertiary alicyclic amines) is 1. The van der Waals surface area contributed by atoms with Gasteiger partial charge in [0.1, 0.15) is 0 Å². The molecule has 2 aromatic rings. The topological polar surface area (TPSA) is 67.9 Å². The van der Waals surface area contributed by atoms with Crippen molar-refractivity contribution in [2.75, 3.05) is 25.2 Å². The van der Waals surface area contributed by atoms with Crippen molar-refractivity contribution in [2.24, 2.45) is 5.92 Å². The van der Waals surface area contributed by atoms with Crippen LogP contribution in [-0.4, -0.2) is 36.6 Å². The van der Waals surface area contributed by atoms with Gasteiger partial charge >= 0.3 is 0 Å². The van der Waals surface area contributed by atoms with Gasteiger partial charge in [0, 0.05) is 37.2 Å². The van der Waals surface area contributed by atoms with Crippen molar-refractivity contribution in [1.29, 1.82) is 0 Å². The fourth-order valence-electron chi connectivity index (χ4n) is 3.45. The zero-order chi connectivity index (χ0) is 18.6. The molecule has 1 saturated heterocycles. The second kappa shape index (κ2) is 8.00. The van der Waals surface area contributed by atoms with Crippen molar-refractivity contribution in [2.45, 2.75) is 25.7 Å². The molecule has 27 heavy (non-hydrogen) atoms. The largest absolute Gasteiger partial charge is 0.454 e. The Bertz CT molecular complexity index is 813. The van der Waals surface area contributed by atoms with Crippen LogP contribution in [0.5, 0.6) is 11.5 Å². The van der Waals surface area contributed by atoms with E-state index in [0.29, 0.717) is 49.5 Å². The summed E-state index contributed by atoms with van der Waals surface area (Å²) in [5.41, 5.74) is 1.92. The number of benzene rings is 1. The SMILES string of the molecule is O=C(Nc1ccc2c(c1)OCO2)C1CCN(C(=O)CCc2ccsc2)CC1. The number of amides is 2. The van der Waals surface area contributed by atoms with Crippen molar-refractivity contribution in [3.8, 4) is 11.5 Å². The lowest BCUT2D eigenvalue weighted by Crippen LogP contribution is -2.41. The first kappa shape index (κ1) is 17.9. The molecule has 1 aromatic carbocycles. The number of anilines is 1. The Morgan fingerprint density at radius 3 is 2.74 bits per heavy atom. The molecule has 0 aliphatic carbocycles. The molecule has 1 fully saturated rings. The molecule has 7 heteroatoms. The number of nitrogens with one attached hydrogen (secondary N) is 1. The average molecular weight is 386 g/mol. The number of rotatable bonds is 5. The molecule has 2 aliphatic rings. The van der Waals surface area contributed by atoms with Crippen LogP contribution in [0.3, 0.4) is 0 Å². The highest BCUT2D eigenvalue weighted by atomic mass is 32.1. The molecule has 2 aliphatic heterocycles. The van der Waals surface area contributed by atoms with Crippen LogP contribution in [0.15, 0.2) is 35.0 Å². The Balaban J connectivity index is 1.24. The number of hydrogen-bond donors (Lipinski definition) is 1. The number of thiophene rings is 1. The summed E-state index contributed by atoms with van der Waals surface area (Å²) in [6, 6.07) is 7.45. The van der Waals surface area contributed by atoms with Crippen LogP contribution in [0, 0.1) is 5.92 Å². The van der Waals surface area contributed by atoms with Gasteiger partial charge < -0.3 is 19.7 Å². The minimum Gasteiger partial charge on any atom is -0.454 e. The normalized spacial score (nSPS) is 16.4. The molecule has 0 bridgehead atoms. The number of carbonyl (C=O) groups excluding carboxylic acids is 2. The third kappa shape index (κ3) is 4.24. The molecule has 4 rings (SSSR count). The van der Waals surface area contributed by atoms with E-state index in [1.54, 1.807) is 23.5 Å². The highest BCUT2D eigenvalue weighted by Crippen LogP contribution is 2.34. The molecule has 0 saturated carbocycles. The Kier molecular flexibility index (Phi) is 5.29. The van der Waals surface area contributed by atoms with Crippen LogP contribution in [-0.2, 0) is 16.0 Å². The summed E-state index contributed by atoms with van der Waals surface area (Å²) in [6.45, 7) is 1.50. The van der Waals surface area contributed by atoms with E-state index < -0.39 is 0 Å². The molecule has 6 nitrogen and oxygen atoms in total. The van der Waals surface area contributed by atoms with E-state index in [9.17, 15) is 9.59 Å². The minimum absolute atomic E-state index is 0.000706. The number of piperidine rings is 1. The number of aryl methyl sites for hydroxylation is 1. The standard InChI is InChI=1S/C20H22N2O4S/c23-19(4-1-14-7-10-27-12-14)22-8-5-15(6-9-22)20(24)21-16-2-3-17-18(11-16)26-13-25-17/h2-3,7,10-12,15H,1,4-6,8-9,13H2,(H,21,24). The predicted octanol–water partition coefficient (Wildman–Crippen LogP) is 3.29. The fraction of sp³-hybridized carbons (Fsp3) is 0.400. The maximum absolute atomic E-state index is 12.5. The number of carbonyl (C=O) groups is 2. The first-order chi connectivity index (χ1) is 13.2. The summed E-state index contributed by atoms with van der Waals surface area (Å²) in [6.07, 6.45) is 2.71. The van der Waals surface area contributed by atoms with Crippen molar-refractivity contribution >= 4 is 28.8 Å². The van der Waals surface area contributed by atoms with E-state index in [1.807, 2.05) is 16.3 Å². The monoisotopic (exact) mass is 386 g/mol. The van der Waals surface area contributed by atoms with Gasteiger partial charge in [0.15, 0.2) is 11.5 Å². The zero-order valence-corrected chi connectivity index (χ0v) is 15.8. The van der Waals surface area contributed by atoms with Gasteiger partial charge in [-0.05, 0) is 53.8 Å². The first-order valence-electron chi connectivity index (χ1n) is 9.18. The van der Waals surface area contributed by atoms with Crippen molar-refractivity contribution in [1.82, 2.24) is 4.90 Å². The molecule has 0 spiro atoms. The average Bonchev–Trinajstić information content (AvgIpc) is 3.37. The van der Waals surface area contributed by atoms with Gasteiger partial charge in [0.25, 0.3) is 0 Å². The van der Waals surface area contributed by atoms with Gasteiger partial charge in [0.2, 0.25) is 18.6 Å². The maximum Gasteiger partial charge on any atom is 0.231 e. The quantitative estimate of drug-likeness (QED) is 0.856. The molecule has 0 unspecified atom stereocenters. The summed E-state index contributed by atoms with van der Waals surface area (Å²) in [5, 5.41) is 7.07. The van der Waals surface area contributed by atoms with Gasteiger partial charge in [-0.1, -0.05) is 0 Å². The Hall–Kier alpha value is -2.54. The summed E-state index contributed by atoms with van der Waals surface area (Å²) in [7, 11) is 0. The van der Waals surface area contributed by atoms with Crippen molar-refractivity contribution in [3.05, 3.63) is 40.6 Å². The smallest absolute Gasteiger partial charge is 0.231 e. The van der Waals surface area contributed by atoms with Crippen LogP contribution >= 0.6 is 11.3 Å². The zero-order valence-electron chi connectivity index (χ0n) is 15.0. The summed E-state index contributed by atoms with van der Waals surface area (Å²) in [4.78, 5) is 26.8. The van der Waals surface area contributed by atoms with Gasteiger partial charge in [0.05, 0.1) is 0 Å². The molecule has 2 amide bonds. The highest BCUT2D eigenvalue weighted by Gasteiger charge is 2.27. The fourth-order valence-corrected chi connectivity index (χ4v) is 4.16. The van der Waals surface area contributed by atoms with Crippen LogP contribution in [0.2, 0.25) is 0 Å². The lowest BCUT2D eigenvalue weighted by atomic mass is 9.95. The van der Waals surface area contributed by atoms with Crippen LogP contribution in [0.25, 0.3) is 0 Å². The predicted molar refractivity (Wildman–Crippen MR) is 103 cm³/mol. The van der Waals surface area contributed by atoms with E-state index in [-0.39, 0.29) is 24.5 Å². The number of fused-ring (bicyclic) bond motifs is 1. The second-order valence-electron chi connectivity index (χ2n) is 6.84. The van der Waals surface area contributed by atoms with E-state index in [2.05, 4.69) is 16.8 Å². The number of ether oxygens (including phenoxy) is 2. The molecule has 1 N–H and O–H groups in total. The Morgan fingerprint density at radius 1 is 1.15 bits per heavy atom. The van der Waals surface area contributed by atoms with Crippen LogP contribution < -0.4 is 14.8 Å². The molecule has 3 heterocycles. The number of hydrogen-bond acceptors (Lipinski definition) is 5. The number of nitrogens with zero attached hydrogens (tertiary/aromatic N) is 1. The lowest BCUT2D eigenvalue weighted by molar-refractivity contribution is -0.134. The van der Waals surface area contributed by atoms with E-state index in [1.165, 1.54) is 5.56 Å². The maximum atomic E-state index is 12.5. The molecule has 1 aromatic heterocycles. The molecular weight excluding hydrogens is 364 g/mol. The summed E-state index contributed by atoms with van der Waals surface area (Å²) in [5.74, 6) is 1.45.